The monoisotopic (exact) mass is 567 g/mol. The summed E-state index contributed by atoms with van der Waals surface area (Å²) >= 11 is 0. The molecule has 9 nitrogen and oxygen atoms in total. The molecular weight excluding hydrogens is 537 g/mol. The van der Waals surface area contributed by atoms with Gasteiger partial charge in [0.2, 0.25) is 0 Å². The van der Waals surface area contributed by atoms with E-state index in [1.54, 1.807) is 0 Å². The number of hydrogen-bond acceptors (Lipinski definition) is 7. The first-order valence-electron chi connectivity index (χ1n) is 14.6. The molecule has 41 heavy (non-hydrogen) atoms. The molecule has 3 aromatic heterocycles. The maximum atomic E-state index is 15.5. The van der Waals surface area contributed by atoms with Crippen molar-refractivity contribution in [2.45, 2.75) is 50.3 Å². The van der Waals surface area contributed by atoms with Crippen LogP contribution in [0.3, 0.4) is 0 Å². The van der Waals surface area contributed by atoms with Crippen LogP contribution < -0.4 is 10.5 Å². The molecule has 2 atom stereocenters. The summed E-state index contributed by atoms with van der Waals surface area (Å²) < 4.78 is 73.0. The second-order valence-corrected chi connectivity index (χ2v) is 11.5. The van der Waals surface area contributed by atoms with Crippen LogP contribution in [0, 0.1) is 11.2 Å². The molecule has 3 aliphatic rings. The highest BCUT2D eigenvalue weighted by molar-refractivity contribution is 5.98. The van der Waals surface area contributed by atoms with Gasteiger partial charge in [0, 0.05) is 63.8 Å². The smallest absolute Gasteiger partial charge is 0.387 e. The van der Waals surface area contributed by atoms with Crippen molar-refractivity contribution in [1.29, 1.82) is 0 Å². The number of ether oxygens (including phenoxy) is 1. The molecule has 12 heteroatoms. The van der Waals surface area contributed by atoms with Crippen molar-refractivity contribution in [2.24, 2.45) is 11.1 Å². The number of fused-ring (bicyclic) bond motifs is 9. The Hall–Kier alpha value is -4.03. The molecule has 212 valence electrons. The number of carbonyl (C=O) groups excluding carboxylic acids is 1. The quantitative estimate of drug-likeness (QED) is 0.372. The number of pyridine rings is 1. The zero-order valence-electron chi connectivity index (χ0n) is 24.8. The van der Waals surface area contributed by atoms with Crippen LogP contribution in [0.1, 0.15) is 75.3 Å². The number of aliphatic hydroxyl groups excluding tert-OH is 1. The number of aliphatic hydroxyl groups is 1. The topological polar surface area (TPSA) is 119 Å². The molecule has 4 aromatic rings. The van der Waals surface area contributed by atoms with E-state index >= 15 is 4.39 Å². The Morgan fingerprint density at radius 1 is 1.24 bits per heavy atom. The SMILES string of the molecule is [2H]C([2H])([2H])N1C(=O)c2cccc(OC(F)F)c2[C@H]2C[C@@H]1c1nn3cc(F)c(-c4cnc(C5(N)CC(C)(CO)C5)nc4)cc3c12. The molecule has 4 heterocycles. The Balaban J connectivity index is 1.37. The molecule has 1 aliphatic heterocycles. The van der Waals surface area contributed by atoms with Crippen molar-refractivity contribution in [3.05, 3.63) is 76.9 Å². The molecule has 0 spiro atoms. The van der Waals surface area contributed by atoms with Crippen LogP contribution in [0.25, 0.3) is 16.6 Å². The lowest BCUT2D eigenvalue weighted by molar-refractivity contribution is -0.0505. The van der Waals surface area contributed by atoms with Crippen LogP contribution in [-0.4, -0.2) is 55.7 Å². The lowest BCUT2D eigenvalue weighted by atomic mass is 9.58. The zero-order chi connectivity index (χ0) is 31.3. The average molecular weight is 568 g/mol. The van der Waals surface area contributed by atoms with Crippen LogP contribution in [0.4, 0.5) is 13.2 Å². The fraction of sp³-hybridized carbons (Fsp3) is 0.379. The van der Waals surface area contributed by atoms with Crippen LogP contribution in [0.5, 0.6) is 5.75 Å². The van der Waals surface area contributed by atoms with Crippen LogP contribution in [0.2, 0.25) is 0 Å². The third-order valence-electron chi connectivity index (χ3n) is 8.58. The standard InChI is InChI=1S/C29H27F3N6O3/c1-28(13-39)11-29(33,12-28)26-34-8-14(9-35-26)16-6-19-23-17-7-20(24(23)36-38(19)10-18(16)30)37(2)25(40)15-4-3-5-21(22(15)17)41-27(31)32/h3-6,8-10,17,20,27,39H,7,11-13,33H2,1-2H3/t17-,20-,28?,29?/m1/s1/i2D3. The number of alkyl halides is 2. The minimum absolute atomic E-state index is 0.00864. The summed E-state index contributed by atoms with van der Waals surface area (Å²) in [5, 5.41) is 14.1. The van der Waals surface area contributed by atoms with Crippen molar-refractivity contribution >= 4 is 11.4 Å². The fourth-order valence-electron chi connectivity index (χ4n) is 6.90. The summed E-state index contributed by atoms with van der Waals surface area (Å²) in [5.41, 5.74) is 7.01. The van der Waals surface area contributed by atoms with Gasteiger partial charge in [-0.05, 0) is 42.9 Å². The first-order chi connectivity index (χ1) is 20.7. The van der Waals surface area contributed by atoms with E-state index in [1.807, 2.05) is 6.92 Å². The van der Waals surface area contributed by atoms with E-state index in [0.717, 1.165) is 11.1 Å². The third kappa shape index (κ3) is 3.77. The number of aromatic nitrogens is 4. The molecular formula is C29H27F3N6O3. The Morgan fingerprint density at radius 2 is 2.00 bits per heavy atom. The van der Waals surface area contributed by atoms with E-state index in [2.05, 4.69) is 15.1 Å². The molecule has 1 amide bonds. The molecule has 0 saturated heterocycles. The third-order valence-corrected chi connectivity index (χ3v) is 8.58. The van der Waals surface area contributed by atoms with Gasteiger partial charge in [-0.25, -0.2) is 18.9 Å². The van der Waals surface area contributed by atoms with Gasteiger partial charge in [-0.3, -0.25) is 4.79 Å². The Labute approximate surface area is 237 Å². The molecule has 1 aromatic carbocycles. The summed E-state index contributed by atoms with van der Waals surface area (Å²) in [5.74, 6) is -2.14. The first-order valence-corrected chi connectivity index (χ1v) is 13.1. The summed E-state index contributed by atoms with van der Waals surface area (Å²) in [6, 6.07) is 4.56. The van der Waals surface area contributed by atoms with Gasteiger partial charge < -0.3 is 20.5 Å². The number of amides is 1. The Kier molecular flexibility index (Phi) is 4.82. The minimum Gasteiger partial charge on any atom is -0.434 e. The van der Waals surface area contributed by atoms with Crippen molar-refractivity contribution in [1.82, 2.24) is 24.5 Å². The maximum Gasteiger partial charge on any atom is 0.387 e. The van der Waals surface area contributed by atoms with E-state index in [1.165, 1.54) is 41.2 Å². The van der Waals surface area contributed by atoms with E-state index in [0.29, 0.717) is 35.3 Å². The molecule has 1 saturated carbocycles. The molecule has 2 bridgehead atoms. The van der Waals surface area contributed by atoms with Crippen molar-refractivity contribution in [3.8, 4) is 16.9 Å². The van der Waals surface area contributed by atoms with Gasteiger partial charge in [0.15, 0.2) is 0 Å². The van der Waals surface area contributed by atoms with Gasteiger partial charge in [-0.1, -0.05) is 13.0 Å². The van der Waals surface area contributed by atoms with E-state index in [-0.39, 0.29) is 46.6 Å². The summed E-state index contributed by atoms with van der Waals surface area (Å²) in [4.78, 5) is 23.2. The lowest BCUT2D eigenvalue weighted by Crippen LogP contribution is -2.56. The van der Waals surface area contributed by atoms with Crippen molar-refractivity contribution in [3.63, 3.8) is 0 Å². The Morgan fingerprint density at radius 3 is 2.68 bits per heavy atom. The van der Waals surface area contributed by atoms with Gasteiger partial charge in [0.25, 0.3) is 5.91 Å². The first kappa shape index (κ1) is 22.6. The second-order valence-electron chi connectivity index (χ2n) is 11.5. The normalized spacial score (nSPS) is 28.0. The molecule has 7 rings (SSSR count). The van der Waals surface area contributed by atoms with Gasteiger partial charge >= 0.3 is 6.61 Å². The minimum atomic E-state index is -3.19. The largest absolute Gasteiger partial charge is 0.434 e. The number of halogens is 3. The predicted octanol–water partition coefficient (Wildman–Crippen LogP) is 4.14. The van der Waals surface area contributed by atoms with Crippen molar-refractivity contribution < 1.29 is 31.9 Å². The van der Waals surface area contributed by atoms with Gasteiger partial charge in [0.05, 0.1) is 29.0 Å². The van der Waals surface area contributed by atoms with Gasteiger partial charge in [0.1, 0.15) is 17.4 Å². The molecule has 3 N–H and O–H groups in total. The second kappa shape index (κ2) is 8.73. The molecule has 1 fully saturated rings. The number of nitrogens with two attached hydrogens (primary N) is 1. The fourth-order valence-corrected chi connectivity index (χ4v) is 6.90. The average Bonchev–Trinajstić information content (AvgIpc) is 3.43. The molecule has 0 unspecified atom stereocenters. The molecule has 0 radical (unpaired) electrons. The number of hydrogen-bond donors (Lipinski definition) is 2. The highest BCUT2D eigenvalue weighted by atomic mass is 19.3. The number of nitrogens with zero attached hydrogens (tertiary/aromatic N) is 5. The highest BCUT2D eigenvalue weighted by Crippen LogP contribution is 2.54. The predicted molar refractivity (Wildman–Crippen MR) is 141 cm³/mol. The summed E-state index contributed by atoms with van der Waals surface area (Å²) in [7, 11) is 0. The summed E-state index contributed by atoms with van der Waals surface area (Å²) in [6.07, 6.45) is 5.10. The van der Waals surface area contributed by atoms with Gasteiger partial charge in [-0.2, -0.15) is 13.9 Å². The maximum absolute atomic E-state index is 15.5. The number of carbonyl (C=O) groups is 1. The van der Waals surface area contributed by atoms with Crippen LogP contribution >= 0.6 is 0 Å². The molecule has 2 aliphatic carbocycles. The van der Waals surface area contributed by atoms with Crippen LogP contribution in [-0.2, 0) is 5.54 Å². The zero-order valence-corrected chi connectivity index (χ0v) is 21.8. The van der Waals surface area contributed by atoms with Crippen molar-refractivity contribution in [2.75, 3.05) is 13.6 Å². The van der Waals surface area contributed by atoms with Gasteiger partial charge in [-0.15, -0.1) is 0 Å². The number of benzene rings is 1. The van der Waals surface area contributed by atoms with E-state index in [9.17, 15) is 18.7 Å². The lowest BCUT2D eigenvalue weighted by Gasteiger charge is -2.50. The Bertz CT molecular complexity index is 1830. The van der Waals surface area contributed by atoms with E-state index in [4.69, 9.17) is 14.6 Å². The van der Waals surface area contributed by atoms with Crippen LogP contribution in [0.15, 0.2) is 42.9 Å². The highest BCUT2D eigenvalue weighted by Gasteiger charge is 2.52. The van der Waals surface area contributed by atoms with E-state index < -0.39 is 42.8 Å². The number of rotatable bonds is 5. The summed E-state index contributed by atoms with van der Waals surface area (Å²) in [6.45, 7) is -4.15.